The maximum atomic E-state index is 12.8. The molecule has 0 spiro atoms. The van der Waals surface area contributed by atoms with E-state index in [9.17, 15) is 14.4 Å². The van der Waals surface area contributed by atoms with E-state index in [2.05, 4.69) is 10.3 Å². The molecule has 0 saturated carbocycles. The van der Waals surface area contributed by atoms with Gasteiger partial charge in [-0.2, -0.15) is 0 Å². The third-order valence-corrected chi connectivity index (χ3v) is 5.20. The van der Waals surface area contributed by atoms with E-state index in [1.54, 1.807) is 36.5 Å². The molecule has 0 aliphatic carbocycles. The molecule has 2 heterocycles. The molecule has 1 atom stereocenters. The Balaban J connectivity index is 1.49. The lowest BCUT2D eigenvalue weighted by Crippen LogP contribution is -2.43. The van der Waals surface area contributed by atoms with Crippen LogP contribution in [0.1, 0.15) is 26.5 Å². The summed E-state index contributed by atoms with van der Waals surface area (Å²) in [4.78, 5) is 40.9. The van der Waals surface area contributed by atoms with Crippen LogP contribution >= 0.6 is 11.6 Å². The van der Waals surface area contributed by atoms with E-state index >= 15 is 0 Å². The summed E-state index contributed by atoms with van der Waals surface area (Å²) < 4.78 is 10.4. The molecule has 4 aromatic rings. The molecule has 7 nitrogen and oxygen atoms in total. The predicted octanol–water partition coefficient (Wildman–Crippen LogP) is 4.18. The summed E-state index contributed by atoms with van der Waals surface area (Å²) in [6, 6.07) is 15.9. The third kappa shape index (κ3) is 4.90. The predicted molar refractivity (Wildman–Crippen MR) is 119 cm³/mol. The normalized spacial score (nSPS) is 11.8. The van der Waals surface area contributed by atoms with E-state index in [1.165, 1.54) is 12.3 Å². The molecule has 4 rings (SSSR count). The molecule has 2 aromatic heterocycles. The van der Waals surface area contributed by atoms with E-state index in [0.29, 0.717) is 10.6 Å². The van der Waals surface area contributed by atoms with Gasteiger partial charge in [-0.25, -0.2) is 4.79 Å². The van der Waals surface area contributed by atoms with Gasteiger partial charge in [-0.15, -0.1) is 0 Å². The Morgan fingerprint density at radius 1 is 1.03 bits per heavy atom. The Bertz CT molecular complexity index is 1250. The van der Waals surface area contributed by atoms with Gasteiger partial charge >= 0.3 is 5.97 Å². The van der Waals surface area contributed by atoms with Gasteiger partial charge in [-0.3, -0.25) is 9.59 Å². The Labute approximate surface area is 188 Å². The molecule has 0 radical (unpaired) electrons. The lowest BCUT2D eigenvalue weighted by atomic mass is 10.0. The molecular weight excluding hydrogens is 432 g/mol. The van der Waals surface area contributed by atoms with Gasteiger partial charge in [0.05, 0.1) is 6.26 Å². The number of nitrogens with one attached hydrogen (secondary N) is 2. The van der Waals surface area contributed by atoms with Crippen molar-refractivity contribution in [3.05, 3.63) is 95.0 Å². The number of benzene rings is 2. The van der Waals surface area contributed by atoms with Gasteiger partial charge in [0.1, 0.15) is 6.04 Å². The zero-order chi connectivity index (χ0) is 22.5. The monoisotopic (exact) mass is 450 g/mol. The van der Waals surface area contributed by atoms with Crippen LogP contribution in [-0.2, 0) is 16.0 Å². The molecule has 2 aromatic carbocycles. The molecule has 2 N–H and O–H groups in total. The number of furan rings is 1. The minimum Gasteiger partial charge on any atom is -0.459 e. The first-order valence-electron chi connectivity index (χ1n) is 9.86. The smallest absolute Gasteiger partial charge is 0.329 e. The Morgan fingerprint density at radius 2 is 1.81 bits per heavy atom. The fourth-order valence-corrected chi connectivity index (χ4v) is 3.43. The van der Waals surface area contributed by atoms with Crippen molar-refractivity contribution in [2.45, 2.75) is 12.5 Å². The first-order chi connectivity index (χ1) is 15.5. The number of para-hydroxylation sites is 1. The van der Waals surface area contributed by atoms with Crippen LogP contribution in [0.4, 0.5) is 0 Å². The van der Waals surface area contributed by atoms with Gasteiger partial charge in [-0.1, -0.05) is 29.8 Å². The number of Topliss-reactive ketones (excluding diaryl/α,β-unsaturated/α-hetero) is 1. The Hall–Kier alpha value is -3.84. The second-order valence-electron chi connectivity index (χ2n) is 7.10. The van der Waals surface area contributed by atoms with Crippen LogP contribution in [0.5, 0.6) is 0 Å². The third-order valence-electron chi connectivity index (χ3n) is 4.95. The number of hydrogen-bond acceptors (Lipinski definition) is 5. The zero-order valence-corrected chi connectivity index (χ0v) is 17.6. The summed E-state index contributed by atoms with van der Waals surface area (Å²) in [6.45, 7) is -0.457. The molecule has 0 aliphatic rings. The number of amides is 1. The first kappa shape index (κ1) is 21.4. The van der Waals surface area contributed by atoms with Gasteiger partial charge in [0.15, 0.2) is 18.2 Å². The lowest BCUT2D eigenvalue weighted by Gasteiger charge is -2.17. The number of H-pyrrole nitrogens is 1. The van der Waals surface area contributed by atoms with Crippen molar-refractivity contribution < 1.29 is 23.5 Å². The number of esters is 1. The van der Waals surface area contributed by atoms with Crippen LogP contribution in [-0.4, -0.2) is 35.3 Å². The molecule has 32 heavy (non-hydrogen) atoms. The molecule has 162 valence electrons. The largest absolute Gasteiger partial charge is 0.459 e. The summed E-state index contributed by atoms with van der Waals surface area (Å²) in [6.07, 6.45) is 3.32. The van der Waals surface area contributed by atoms with E-state index in [1.807, 2.05) is 24.3 Å². The van der Waals surface area contributed by atoms with Crippen molar-refractivity contribution >= 4 is 40.2 Å². The SMILES string of the molecule is O=C(COC(=O)[C@H](Cc1c[nH]c2ccccc12)NC(=O)c1ccco1)c1ccc(Cl)cc1. The number of carbonyl (C=O) groups excluding carboxylic acids is 3. The summed E-state index contributed by atoms with van der Waals surface area (Å²) in [5.41, 5.74) is 2.10. The van der Waals surface area contributed by atoms with Crippen LogP contribution in [0.3, 0.4) is 0 Å². The minimum atomic E-state index is -1.02. The van der Waals surface area contributed by atoms with Gasteiger partial charge in [-0.05, 0) is 48.0 Å². The van der Waals surface area contributed by atoms with Crippen molar-refractivity contribution in [1.29, 1.82) is 0 Å². The van der Waals surface area contributed by atoms with Crippen molar-refractivity contribution in [2.75, 3.05) is 6.61 Å². The zero-order valence-electron chi connectivity index (χ0n) is 16.8. The number of rotatable bonds is 8. The highest BCUT2D eigenvalue weighted by Gasteiger charge is 2.26. The average molecular weight is 451 g/mol. The van der Waals surface area contributed by atoms with Gasteiger partial charge in [0, 0.05) is 34.1 Å². The van der Waals surface area contributed by atoms with Crippen LogP contribution in [0.2, 0.25) is 5.02 Å². The molecule has 0 aliphatic heterocycles. The summed E-state index contributed by atoms with van der Waals surface area (Å²) in [5, 5.41) is 4.07. The molecular formula is C24H19ClN2O5. The summed E-state index contributed by atoms with van der Waals surface area (Å²) >= 11 is 5.84. The fraction of sp³-hybridized carbons (Fsp3) is 0.125. The molecule has 0 bridgehead atoms. The first-order valence-corrected chi connectivity index (χ1v) is 10.2. The number of ketones is 1. The van der Waals surface area contributed by atoms with Crippen LogP contribution in [0.15, 0.2) is 77.5 Å². The number of ether oxygens (including phenoxy) is 1. The molecule has 0 saturated heterocycles. The topological polar surface area (TPSA) is 101 Å². The number of aromatic nitrogens is 1. The number of hydrogen-bond donors (Lipinski definition) is 2. The van der Waals surface area contributed by atoms with Gasteiger partial charge < -0.3 is 19.5 Å². The Morgan fingerprint density at radius 3 is 2.56 bits per heavy atom. The molecule has 0 unspecified atom stereocenters. The van der Waals surface area contributed by atoms with E-state index in [0.717, 1.165) is 16.5 Å². The molecule has 1 amide bonds. The average Bonchev–Trinajstić information content (AvgIpc) is 3.48. The van der Waals surface area contributed by atoms with Crippen molar-refractivity contribution in [1.82, 2.24) is 10.3 Å². The highest BCUT2D eigenvalue weighted by molar-refractivity contribution is 6.30. The number of carbonyl (C=O) groups is 3. The quantitative estimate of drug-likeness (QED) is 0.310. The fourth-order valence-electron chi connectivity index (χ4n) is 3.31. The van der Waals surface area contributed by atoms with Gasteiger partial charge in [0.2, 0.25) is 0 Å². The highest BCUT2D eigenvalue weighted by Crippen LogP contribution is 2.20. The maximum Gasteiger partial charge on any atom is 0.329 e. The molecule has 8 heteroatoms. The van der Waals surface area contributed by atoms with Crippen molar-refractivity contribution in [2.24, 2.45) is 0 Å². The number of aromatic amines is 1. The Kier molecular flexibility index (Phi) is 6.37. The van der Waals surface area contributed by atoms with Gasteiger partial charge in [0.25, 0.3) is 5.91 Å². The lowest BCUT2D eigenvalue weighted by molar-refractivity contribution is -0.144. The second kappa shape index (κ2) is 9.53. The summed E-state index contributed by atoms with van der Waals surface area (Å²) in [5.74, 6) is -1.59. The summed E-state index contributed by atoms with van der Waals surface area (Å²) in [7, 11) is 0. The van der Waals surface area contributed by atoms with Crippen LogP contribution < -0.4 is 5.32 Å². The minimum absolute atomic E-state index is 0.0685. The standard InChI is InChI=1S/C24H19ClN2O5/c25-17-9-7-15(8-10-17)21(28)14-32-24(30)20(27-23(29)22-6-3-11-31-22)12-16-13-26-19-5-2-1-4-18(16)19/h1-11,13,20,26H,12,14H2,(H,27,29)/t20-/m0/s1. The van der Waals surface area contributed by atoms with E-state index in [4.69, 9.17) is 20.8 Å². The highest BCUT2D eigenvalue weighted by atomic mass is 35.5. The van der Waals surface area contributed by atoms with E-state index < -0.39 is 24.5 Å². The van der Waals surface area contributed by atoms with Crippen LogP contribution in [0, 0.1) is 0 Å². The van der Waals surface area contributed by atoms with Crippen molar-refractivity contribution in [3.63, 3.8) is 0 Å². The van der Waals surface area contributed by atoms with Crippen molar-refractivity contribution in [3.8, 4) is 0 Å². The van der Waals surface area contributed by atoms with Crippen LogP contribution in [0.25, 0.3) is 10.9 Å². The number of fused-ring (bicyclic) bond motifs is 1. The number of halogens is 1. The second-order valence-corrected chi connectivity index (χ2v) is 7.54. The molecule has 0 fully saturated rings. The maximum absolute atomic E-state index is 12.8. The van der Waals surface area contributed by atoms with E-state index in [-0.39, 0.29) is 18.0 Å².